The Morgan fingerprint density at radius 2 is 1.85 bits per heavy atom. The van der Waals surface area contributed by atoms with Crippen molar-refractivity contribution in [3.63, 3.8) is 0 Å². The summed E-state index contributed by atoms with van der Waals surface area (Å²) in [6, 6.07) is 16.7. The van der Waals surface area contributed by atoms with Crippen molar-refractivity contribution in [2.75, 3.05) is 6.61 Å². The SMILES string of the molecule is C1=CC(CCOc2cccc3ccnnc23)(C2Cc3ccccc3C2)N=C1. The van der Waals surface area contributed by atoms with Gasteiger partial charge in [-0.15, -0.1) is 5.10 Å². The number of allylic oxidation sites excluding steroid dienone is 1. The largest absolute Gasteiger partial charge is 0.491 e. The van der Waals surface area contributed by atoms with Gasteiger partial charge in [-0.3, -0.25) is 4.99 Å². The van der Waals surface area contributed by atoms with E-state index in [0.717, 1.165) is 35.9 Å². The van der Waals surface area contributed by atoms with Gasteiger partial charge in [0.1, 0.15) is 11.3 Å². The minimum Gasteiger partial charge on any atom is -0.491 e. The van der Waals surface area contributed by atoms with Crippen LogP contribution in [0.2, 0.25) is 0 Å². The van der Waals surface area contributed by atoms with Crippen LogP contribution in [-0.2, 0) is 12.8 Å². The van der Waals surface area contributed by atoms with Crippen LogP contribution in [0.1, 0.15) is 17.5 Å². The lowest BCUT2D eigenvalue weighted by Gasteiger charge is -2.31. The lowest BCUT2D eigenvalue weighted by atomic mass is 9.80. The Labute approximate surface area is 158 Å². The van der Waals surface area contributed by atoms with Crippen molar-refractivity contribution in [3.8, 4) is 5.75 Å². The van der Waals surface area contributed by atoms with Gasteiger partial charge in [0.05, 0.1) is 18.3 Å². The van der Waals surface area contributed by atoms with Crippen LogP contribution in [0.3, 0.4) is 0 Å². The van der Waals surface area contributed by atoms with Gasteiger partial charge in [-0.25, -0.2) is 0 Å². The molecule has 2 aromatic carbocycles. The molecule has 0 N–H and O–H groups in total. The zero-order chi connectivity index (χ0) is 18.1. The molecule has 4 nitrogen and oxygen atoms in total. The number of benzene rings is 2. The molecule has 1 aliphatic heterocycles. The fourth-order valence-corrected chi connectivity index (χ4v) is 4.37. The Kier molecular flexibility index (Phi) is 3.97. The zero-order valence-corrected chi connectivity index (χ0v) is 15.1. The first-order valence-corrected chi connectivity index (χ1v) is 9.47. The van der Waals surface area contributed by atoms with E-state index in [1.54, 1.807) is 6.20 Å². The van der Waals surface area contributed by atoms with E-state index in [9.17, 15) is 0 Å². The molecule has 0 saturated carbocycles. The smallest absolute Gasteiger partial charge is 0.147 e. The fraction of sp³-hybridized carbons (Fsp3) is 0.261. The highest BCUT2D eigenvalue weighted by atomic mass is 16.5. The third-order valence-electron chi connectivity index (χ3n) is 5.81. The van der Waals surface area contributed by atoms with Crippen molar-refractivity contribution in [3.05, 3.63) is 78.0 Å². The number of fused-ring (bicyclic) bond motifs is 2. The van der Waals surface area contributed by atoms with E-state index in [-0.39, 0.29) is 5.54 Å². The van der Waals surface area contributed by atoms with Crippen LogP contribution in [0, 0.1) is 5.92 Å². The second kappa shape index (κ2) is 6.62. The first-order valence-electron chi connectivity index (χ1n) is 9.47. The van der Waals surface area contributed by atoms with Crippen molar-refractivity contribution in [2.45, 2.75) is 24.8 Å². The molecule has 1 atom stereocenters. The summed E-state index contributed by atoms with van der Waals surface area (Å²) in [5.74, 6) is 1.28. The first kappa shape index (κ1) is 16.2. The molecule has 1 unspecified atom stereocenters. The molecule has 1 aliphatic carbocycles. The van der Waals surface area contributed by atoms with Gasteiger partial charge in [0, 0.05) is 18.0 Å². The second-order valence-electron chi connectivity index (χ2n) is 7.33. The zero-order valence-electron chi connectivity index (χ0n) is 15.1. The van der Waals surface area contributed by atoms with Crippen molar-refractivity contribution < 1.29 is 4.74 Å². The van der Waals surface area contributed by atoms with Crippen molar-refractivity contribution in [1.29, 1.82) is 0 Å². The molecule has 2 aliphatic rings. The summed E-state index contributed by atoms with van der Waals surface area (Å²) in [5, 5.41) is 9.27. The average Bonchev–Trinajstić information content (AvgIpc) is 3.36. The van der Waals surface area contributed by atoms with E-state index in [0.29, 0.717) is 12.5 Å². The van der Waals surface area contributed by atoms with E-state index in [4.69, 9.17) is 9.73 Å². The molecule has 0 amide bonds. The molecular formula is C23H21N3O. The molecule has 0 radical (unpaired) electrons. The van der Waals surface area contributed by atoms with Crippen LogP contribution in [0.5, 0.6) is 5.75 Å². The number of aromatic nitrogens is 2. The minimum atomic E-state index is -0.171. The van der Waals surface area contributed by atoms with Crippen LogP contribution < -0.4 is 4.74 Å². The highest BCUT2D eigenvalue weighted by molar-refractivity contribution is 5.83. The molecule has 134 valence electrons. The predicted molar refractivity (Wildman–Crippen MR) is 107 cm³/mol. The molecule has 3 aromatic rings. The van der Waals surface area contributed by atoms with Gasteiger partial charge in [0.15, 0.2) is 0 Å². The predicted octanol–water partition coefficient (Wildman–Crippen LogP) is 4.19. The summed E-state index contributed by atoms with van der Waals surface area (Å²) < 4.78 is 6.13. The van der Waals surface area contributed by atoms with Crippen LogP contribution in [0.15, 0.2) is 71.9 Å². The maximum Gasteiger partial charge on any atom is 0.147 e. The van der Waals surface area contributed by atoms with Crippen molar-refractivity contribution in [2.24, 2.45) is 10.9 Å². The molecule has 27 heavy (non-hydrogen) atoms. The molecule has 5 rings (SSSR count). The van der Waals surface area contributed by atoms with Gasteiger partial charge in [0.25, 0.3) is 0 Å². The van der Waals surface area contributed by atoms with Crippen molar-refractivity contribution in [1.82, 2.24) is 10.2 Å². The Hall–Kier alpha value is -3.01. The molecule has 4 heteroatoms. The Morgan fingerprint density at radius 1 is 1.00 bits per heavy atom. The summed E-state index contributed by atoms with van der Waals surface area (Å²) in [5.41, 5.74) is 3.56. The van der Waals surface area contributed by atoms with Crippen LogP contribution in [-0.4, -0.2) is 28.6 Å². The van der Waals surface area contributed by atoms with E-state index in [2.05, 4.69) is 46.6 Å². The molecule has 0 spiro atoms. The van der Waals surface area contributed by atoms with E-state index < -0.39 is 0 Å². The van der Waals surface area contributed by atoms with Gasteiger partial charge >= 0.3 is 0 Å². The van der Waals surface area contributed by atoms with Crippen LogP contribution in [0.25, 0.3) is 10.9 Å². The third kappa shape index (κ3) is 2.91. The number of rotatable bonds is 5. The van der Waals surface area contributed by atoms with E-state index in [1.807, 2.05) is 30.5 Å². The summed E-state index contributed by atoms with van der Waals surface area (Å²) in [6.45, 7) is 0.601. The monoisotopic (exact) mass is 355 g/mol. The average molecular weight is 355 g/mol. The van der Waals surface area contributed by atoms with Gasteiger partial charge in [0.2, 0.25) is 0 Å². The molecule has 0 bridgehead atoms. The number of hydrogen-bond donors (Lipinski definition) is 0. The highest BCUT2D eigenvalue weighted by Gasteiger charge is 2.40. The maximum absolute atomic E-state index is 6.13. The lowest BCUT2D eigenvalue weighted by molar-refractivity contribution is 0.242. The summed E-state index contributed by atoms with van der Waals surface area (Å²) in [4.78, 5) is 4.88. The Balaban J connectivity index is 1.33. The number of ether oxygens (including phenoxy) is 1. The number of aliphatic imine (C=N–C) groups is 1. The molecule has 1 aromatic heterocycles. The molecule has 2 heterocycles. The molecular weight excluding hydrogens is 334 g/mol. The van der Waals surface area contributed by atoms with E-state index in [1.165, 1.54) is 11.1 Å². The van der Waals surface area contributed by atoms with Gasteiger partial charge in [-0.1, -0.05) is 42.5 Å². The lowest BCUT2D eigenvalue weighted by Crippen LogP contribution is -2.35. The highest BCUT2D eigenvalue weighted by Crippen LogP contribution is 2.40. The van der Waals surface area contributed by atoms with E-state index >= 15 is 0 Å². The first-order chi connectivity index (χ1) is 13.3. The van der Waals surface area contributed by atoms with Crippen LogP contribution in [0.4, 0.5) is 0 Å². The number of hydrogen-bond acceptors (Lipinski definition) is 4. The minimum absolute atomic E-state index is 0.171. The van der Waals surface area contributed by atoms with Crippen molar-refractivity contribution >= 4 is 17.1 Å². The Morgan fingerprint density at radius 3 is 2.63 bits per heavy atom. The van der Waals surface area contributed by atoms with Gasteiger partial charge in [-0.05, 0) is 48.1 Å². The fourth-order valence-electron chi connectivity index (χ4n) is 4.37. The van der Waals surface area contributed by atoms with Gasteiger partial charge < -0.3 is 4.74 Å². The molecule has 0 saturated heterocycles. The summed E-state index contributed by atoms with van der Waals surface area (Å²) in [6.07, 6.45) is 11.0. The quantitative estimate of drug-likeness (QED) is 0.689. The second-order valence-corrected chi connectivity index (χ2v) is 7.33. The summed E-state index contributed by atoms with van der Waals surface area (Å²) in [7, 11) is 0. The topological polar surface area (TPSA) is 47.4 Å². The maximum atomic E-state index is 6.13. The Bertz CT molecular complexity index is 998. The summed E-state index contributed by atoms with van der Waals surface area (Å²) >= 11 is 0. The van der Waals surface area contributed by atoms with Crippen LogP contribution >= 0.6 is 0 Å². The third-order valence-corrected chi connectivity index (χ3v) is 5.81. The number of nitrogens with zero attached hydrogens (tertiary/aromatic N) is 3. The normalized spacial score (nSPS) is 21.0. The standard InChI is InChI=1S/C23H21N3O/c1-2-6-19-16-20(15-18(19)5-1)23(10-4-12-24-23)11-14-27-21-8-3-7-17-9-13-25-26-22(17)21/h1-10,12-13,20H,11,14-16H2. The van der Waals surface area contributed by atoms with Gasteiger partial charge in [-0.2, -0.15) is 5.10 Å². The molecule has 0 fully saturated rings.